The molecule has 0 unspecified atom stereocenters. The van der Waals surface area contributed by atoms with Crippen LogP contribution in [0.1, 0.15) is 19.4 Å². The van der Waals surface area contributed by atoms with Crippen molar-refractivity contribution in [2.24, 2.45) is 0 Å². The summed E-state index contributed by atoms with van der Waals surface area (Å²) in [5.41, 5.74) is 2.64. The zero-order valence-corrected chi connectivity index (χ0v) is 12.1. The van der Waals surface area contributed by atoms with E-state index in [2.05, 4.69) is 59.5 Å². The zero-order valence-electron chi connectivity index (χ0n) is 12.1. The number of fused-ring (bicyclic) bond motifs is 1. The maximum Gasteiger partial charge on any atom is 0.0456 e. The molecule has 0 bridgehead atoms. The quantitative estimate of drug-likeness (QED) is 0.714. The van der Waals surface area contributed by atoms with Gasteiger partial charge in [0.2, 0.25) is 0 Å². The Balaban J connectivity index is 1.74. The Bertz CT molecular complexity index is 485. The van der Waals surface area contributed by atoms with E-state index in [-0.39, 0.29) is 0 Å². The van der Waals surface area contributed by atoms with E-state index in [0.29, 0.717) is 0 Å². The SMILES string of the molecule is CCN(CC)CCNCCc1c[nH]c2ccccc12. The Labute approximate surface area is 116 Å². The van der Waals surface area contributed by atoms with Crippen LogP contribution in [0.2, 0.25) is 0 Å². The molecule has 0 aliphatic heterocycles. The molecule has 1 aromatic carbocycles. The topological polar surface area (TPSA) is 31.1 Å². The highest BCUT2D eigenvalue weighted by Gasteiger charge is 2.02. The molecule has 0 amide bonds. The molecule has 0 aliphatic carbocycles. The number of hydrogen-bond acceptors (Lipinski definition) is 2. The van der Waals surface area contributed by atoms with Gasteiger partial charge in [0.25, 0.3) is 0 Å². The Morgan fingerprint density at radius 3 is 2.68 bits per heavy atom. The van der Waals surface area contributed by atoms with Crippen molar-refractivity contribution >= 4 is 10.9 Å². The third kappa shape index (κ3) is 3.82. The van der Waals surface area contributed by atoms with Crippen LogP contribution in [0.15, 0.2) is 30.5 Å². The lowest BCUT2D eigenvalue weighted by atomic mass is 10.1. The van der Waals surface area contributed by atoms with Gasteiger partial charge in [-0.1, -0.05) is 32.0 Å². The molecule has 2 rings (SSSR count). The van der Waals surface area contributed by atoms with Gasteiger partial charge in [-0.3, -0.25) is 0 Å². The van der Waals surface area contributed by atoms with Crippen molar-refractivity contribution in [3.8, 4) is 0 Å². The summed E-state index contributed by atoms with van der Waals surface area (Å²) in [6.07, 6.45) is 3.22. The molecule has 19 heavy (non-hydrogen) atoms. The smallest absolute Gasteiger partial charge is 0.0456 e. The molecular weight excluding hydrogens is 234 g/mol. The van der Waals surface area contributed by atoms with Crippen molar-refractivity contribution < 1.29 is 0 Å². The molecule has 0 fully saturated rings. The normalized spacial score (nSPS) is 11.5. The van der Waals surface area contributed by atoms with Crippen LogP contribution in [0, 0.1) is 0 Å². The van der Waals surface area contributed by atoms with Crippen LogP contribution in [-0.4, -0.2) is 42.6 Å². The summed E-state index contributed by atoms with van der Waals surface area (Å²) < 4.78 is 0. The van der Waals surface area contributed by atoms with Gasteiger partial charge in [0.15, 0.2) is 0 Å². The number of nitrogens with one attached hydrogen (secondary N) is 2. The van der Waals surface area contributed by atoms with Gasteiger partial charge in [0, 0.05) is 30.2 Å². The van der Waals surface area contributed by atoms with Crippen molar-refractivity contribution in [3.63, 3.8) is 0 Å². The molecule has 0 atom stereocenters. The van der Waals surface area contributed by atoms with Crippen LogP contribution >= 0.6 is 0 Å². The highest BCUT2D eigenvalue weighted by Crippen LogP contribution is 2.17. The molecule has 2 N–H and O–H groups in total. The first kappa shape index (κ1) is 14.1. The molecular formula is C16H25N3. The number of aromatic amines is 1. The molecule has 0 saturated carbocycles. The van der Waals surface area contributed by atoms with E-state index >= 15 is 0 Å². The average molecular weight is 259 g/mol. The minimum absolute atomic E-state index is 1.04. The Morgan fingerprint density at radius 2 is 1.89 bits per heavy atom. The van der Waals surface area contributed by atoms with Gasteiger partial charge in [0.1, 0.15) is 0 Å². The maximum atomic E-state index is 3.53. The fourth-order valence-electron chi connectivity index (χ4n) is 2.46. The minimum Gasteiger partial charge on any atom is -0.361 e. The molecule has 104 valence electrons. The summed E-state index contributed by atoms with van der Waals surface area (Å²) in [6.45, 7) is 9.97. The molecule has 0 aliphatic rings. The lowest BCUT2D eigenvalue weighted by molar-refractivity contribution is 0.303. The first-order valence-electron chi connectivity index (χ1n) is 7.33. The van der Waals surface area contributed by atoms with Gasteiger partial charge in [-0.15, -0.1) is 0 Å². The Morgan fingerprint density at radius 1 is 1.11 bits per heavy atom. The van der Waals surface area contributed by atoms with E-state index in [1.807, 2.05) is 0 Å². The molecule has 2 aromatic rings. The third-order valence-electron chi connectivity index (χ3n) is 3.75. The molecule has 1 aromatic heterocycles. The highest BCUT2D eigenvalue weighted by molar-refractivity contribution is 5.83. The van der Waals surface area contributed by atoms with Gasteiger partial charge in [-0.25, -0.2) is 0 Å². The third-order valence-corrected chi connectivity index (χ3v) is 3.75. The first-order chi connectivity index (χ1) is 9.35. The van der Waals surface area contributed by atoms with Crippen molar-refractivity contribution in [2.75, 3.05) is 32.7 Å². The first-order valence-corrected chi connectivity index (χ1v) is 7.33. The second-order valence-electron chi connectivity index (χ2n) is 4.89. The lowest BCUT2D eigenvalue weighted by Gasteiger charge is -2.17. The number of aromatic nitrogens is 1. The lowest BCUT2D eigenvalue weighted by Crippen LogP contribution is -2.32. The second-order valence-corrected chi connectivity index (χ2v) is 4.89. The number of para-hydroxylation sites is 1. The van der Waals surface area contributed by atoms with Gasteiger partial charge >= 0.3 is 0 Å². The standard InChI is InChI=1S/C16H25N3/c1-3-19(4-2)12-11-17-10-9-14-13-18-16-8-6-5-7-15(14)16/h5-8,13,17-18H,3-4,9-12H2,1-2H3. The minimum atomic E-state index is 1.04. The summed E-state index contributed by atoms with van der Waals surface area (Å²) in [6, 6.07) is 8.50. The van der Waals surface area contributed by atoms with E-state index in [9.17, 15) is 0 Å². The summed E-state index contributed by atoms with van der Waals surface area (Å²) in [5, 5.41) is 4.89. The zero-order chi connectivity index (χ0) is 13.5. The van der Waals surface area contributed by atoms with Gasteiger partial charge in [0.05, 0.1) is 0 Å². The summed E-state index contributed by atoms with van der Waals surface area (Å²) in [4.78, 5) is 5.77. The van der Waals surface area contributed by atoms with Crippen LogP contribution in [0.4, 0.5) is 0 Å². The largest absolute Gasteiger partial charge is 0.361 e. The molecule has 0 saturated heterocycles. The number of benzene rings is 1. The van der Waals surface area contributed by atoms with E-state index in [0.717, 1.165) is 39.1 Å². The van der Waals surface area contributed by atoms with Crippen LogP contribution in [0.3, 0.4) is 0 Å². The van der Waals surface area contributed by atoms with Gasteiger partial charge < -0.3 is 15.2 Å². The van der Waals surface area contributed by atoms with Crippen molar-refractivity contribution in [1.29, 1.82) is 0 Å². The van der Waals surface area contributed by atoms with E-state index < -0.39 is 0 Å². The monoisotopic (exact) mass is 259 g/mol. The molecule has 1 heterocycles. The molecule has 3 nitrogen and oxygen atoms in total. The van der Waals surface area contributed by atoms with Crippen LogP contribution < -0.4 is 5.32 Å². The van der Waals surface area contributed by atoms with E-state index in [4.69, 9.17) is 0 Å². The molecule has 0 spiro atoms. The Kier molecular flexibility index (Phi) is 5.43. The number of nitrogens with zero attached hydrogens (tertiary/aromatic N) is 1. The van der Waals surface area contributed by atoms with Gasteiger partial charge in [-0.2, -0.15) is 0 Å². The van der Waals surface area contributed by atoms with Crippen molar-refractivity contribution in [2.45, 2.75) is 20.3 Å². The van der Waals surface area contributed by atoms with Crippen LogP contribution in [0.25, 0.3) is 10.9 Å². The number of likely N-dealkylation sites (N-methyl/N-ethyl adjacent to an activating group) is 1. The maximum absolute atomic E-state index is 3.53. The predicted molar refractivity (Wildman–Crippen MR) is 82.7 cm³/mol. The van der Waals surface area contributed by atoms with E-state index in [1.165, 1.54) is 16.5 Å². The summed E-state index contributed by atoms with van der Waals surface area (Å²) in [7, 11) is 0. The Hall–Kier alpha value is -1.32. The second kappa shape index (κ2) is 7.31. The van der Waals surface area contributed by atoms with Crippen LogP contribution in [0.5, 0.6) is 0 Å². The number of H-pyrrole nitrogens is 1. The van der Waals surface area contributed by atoms with Crippen molar-refractivity contribution in [1.82, 2.24) is 15.2 Å². The average Bonchev–Trinajstić information content (AvgIpc) is 2.86. The fraction of sp³-hybridized carbons (Fsp3) is 0.500. The van der Waals surface area contributed by atoms with Crippen molar-refractivity contribution in [3.05, 3.63) is 36.0 Å². The van der Waals surface area contributed by atoms with Gasteiger partial charge in [-0.05, 0) is 37.7 Å². The number of hydrogen-bond donors (Lipinski definition) is 2. The summed E-state index contributed by atoms with van der Waals surface area (Å²) in [5.74, 6) is 0. The fourth-order valence-corrected chi connectivity index (χ4v) is 2.46. The molecule has 0 radical (unpaired) electrons. The number of rotatable bonds is 8. The summed E-state index contributed by atoms with van der Waals surface area (Å²) >= 11 is 0. The van der Waals surface area contributed by atoms with Crippen LogP contribution in [-0.2, 0) is 6.42 Å². The predicted octanol–water partition coefficient (Wildman–Crippen LogP) is 2.64. The molecule has 3 heteroatoms. The van der Waals surface area contributed by atoms with E-state index in [1.54, 1.807) is 0 Å². The highest BCUT2D eigenvalue weighted by atomic mass is 15.1.